The predicted molar refractivity (Wildman–Crippen MR) is 53.3 cm³/mol. The van der Waals surface area contributed by atoms with E-state index in [9.17, 15) is 14.0 Å². The number of hydrogen-bond donors (Lipinski definition) is 1. The Kier molecular flexibility index (Phi) is 2.37. The van der Waals surface area contributed by atoms with Crippen LogP contribution in [0.25, 0.3) is 0 Å². The maximum Gasteiger partial charge on any atom is 0.244 e. The van der Waals surface area contributed by atoms with Crippen LogP contribution in [0.2, 0.25) is 0 Å². The van der Waals surface area contributed by atoms with Crippen LogP contribution in [-0.4, -0.2) is 25.3 Å². The van der Waals surface area contributed by atoms with Crippen molar-refractivity contribution >= 4 is 23.6 Å². The molecule has 4 nitrogen and oxygen atoms in total. The van der Waals surface area contributed by atoms with E-state index in [1.54, 1.807) is 12.1 Å². The molecule has 0 fully saturated rings. The van der Waals surface area contributed by atoms with Crippen molar-refractivity contribution in [2.24, 2.45) is 0 Å². The molecule has 0 radical (unpaired) electrons. The second-order valence-corrected chi connectivity index (χ2v) is 3.23. The highest BCUT2D eigenvalue weighted by atomic mass is 19.1. The Bertz CT molecular complexity index is 420. The monoisotopic (exact) mass is 208 g/mol. The fourth-order valence-corrected chi connectivity index (χ4v) is 1.59. The van der Waals surface area contributed by atoms with Crippen LogP contribution in [0.15, 0.2) is 18.2 Å². The second-order valence-electron chi connectivity index (χ2n) is 3.23. The van der Waals surface area contributed by atoms with Gasteiger partial charge < -0.3 is 15.0 Å². The molecule has 1 aliphatic rings. The normalized spacial score (nSPS) is 14.5. The Labute approximate surface area is 85.7 Å². The van der Waals surface area contributed by atoms with E-state index in [4.69, 9.17) is 0 Å². The van der Waals surface area contributed by atoms with E-state index in [0.29, 0.717) is 12.0 Å². The summed E-state index contributed by atoms with van der Waals surface area (Å²) in [5.41, 5.74) is 0.692. The highest BCUT2D eigenvalue weighted by Crippen LogP contribution is 2.30. The van der Waals surface area contributed by atoms with Crippen molar-refractivity contribution < 1.29 is 14.0 Å². The summed E-state index contributed by atoms with van der Waals surface area (Å²) < 4.78 is 13.3. The number of rotatable bonds is 2. The van der Waals surface area contributed by atoms with Crippen LogP contribution in [0.4, 0.5) is 15.8 Å². The van der Waals surface area contributed by atoms with Crippen LogP contribution in [-0.2, 0) is 9.59 Å². The lowest BCUT2D eigenvalue weighted by Crippen LogP contribution is -2.39. The molecule has 0 spiro atoms. The van der Waals surface area contributed by atoms with Crippen molar-refractivity contribution in [3.63, 3.8) is 0 Å². The molecule has 5 heteroatoms. The van der Waals surface area contributed by atoms with Gasteiger partial charge >= 0.3 is 0 Å². The number of halogens is 1. The van der Waals surface area contributed by atoms with Crippen molar-refractivity contribution in [2.75, 3.05) is 23.3 Å². The molecular formula is C10H9FN2O2. The van der Waals surface area contributed by atoms with Crippen LogP contribution in [0.1, 0.15) is 0 Å². The minimum absolute atomic E-state index is 0.0786. The lowest BCUT2D eigenvalue weighted by Gasteiger charge is -2.29. The molecular weight excluding hydrogens is 199 g/mol. The Morgan fingerprint density at radius 1 is 1.53 bits per heavy atom. The number of amides is 1. The molecule has 1 N–H and O–H groups in total. The first-order valence-corrected chi connectivity index (χ1v) is 4.49. The van der Waals surface area contributed by atoms with Gasteiger partial charge in [-0.3, -0.25) is 4.79 Å². The molecule has 0 saturated heterocycles. The first-order valence-electron chi connectivity index (χ1n) is 4.49. The summed E-state index contributed by atoms with van der Waals surface area (Å²) in [5, 5.41) is 2.45. The molecule has 1 amide bonds. The molecule has 1 aromatic rings. The molecule has 0 aliphatic carbocycles. The molecule has 1 aromatic carbocycles. The molecule has 15 heavy (non-hydrogen) atoms. The van der Waals surface area contributed by atoms with Crippen LogP contribution in [0, 0.1) is 5.82 Å². The van der Waals surface area contributed by atoms with Gasteiger partial charge in [0.1, 0.15) is 17.8 Å². The second kappa shape index (κ2) is 3.68. The minimum atomic E-state index is -0.489. The first kappa shape index (κ1) is 9.64. The topological polar surface area (TPSA) is 49.4 Å². The highest BCUT2D eigenvalue weighted by Gasteiger charge is 2.23. The van der Waals surface area contributed by atoms with Gasteiger partial charge in [-0.2, -0.15) is 0 Å². The van der Waals surface area contributed by atoms with Gasteiger partial charge in [0.05, 0.1) is 18.8 Å². The quantitative estimate of drug-likeness (QED) is 0.731. The van der Waals surface area contributed by atoms with Gasteiger partial charge in [-0.1, -0.05) is 6.07 Å². The summed E-state index contributed by atoms with van der Waals surface area (Å²) in [7, 11) is 0. The van der Waals surface area contributed by atoms with E-state index >= 15 is 0 Å². The van der Waals surface area contributed by atoms with Crippen molar-refractivity contribution in [1.82, 2.24) is 0 Å². The van der Waals surface area contributed by atoms with E-state index in [0.717, 1.165) is 0 Å². The Hall–Kier alpha value is -1.91. The number of nitrogens with one attached hydrogen (secondary N) is 1. The van der Waals surface area contributed by atoms with Gasteiger partial charge in [-0.05, 0) is 12.1 Å². The largest absolute Gasteiger partial charge is 0.353 e. The number of nitrogens with zero attached hydrogens (tertiary/aromatic N) is 1. The summed E-state index contributed by atoms with van der Waals surface area (Å²) in [6.07, 6.45) is 0.688. The number of para-hydroxylation sites is 1. The van der Waals surface area contributed by atoms with Crippen molar-refractivity contribution in [3.05, 3.63) is 24.0 Å². The van der Waals surface area contributed by atoms with Crippen LogP contribution >= 0.6 is 0 Å². The van der Waals surface area contributed by atoms with Crippen LogP contribution in [0.5, 0.6) is 0 Å². The van der Waals surface area contributed by atoms with E-state index in [1.165, 1.54) is 11.0 Å². The number of anilines is 2. The summed E-state index contributed by atoms with van der Waals surface area (Å²) in [4.78, 5) is 23.2. The lowest BCUT2D eigenvalue weighted by atomic mass is 10.2. The number of aldehydes is 1. The van der Waals surface area contributed by atoms with E-state index in [2.05, 4.69) is 5.32 Å². The average molecular weight is 208 g/mol. The molecule has 0 saturated carbocycles. The summed E-state index contributed by atoms with van der Waals surface area (Å²) >= 11 is 0. The van der Waals surface area contributed by atoms with Gasteiger partial charge in [0.2, 0.25) is 5.91 Å². The maximum atomic E-state index is 13.3. The molecule has 2 rings (SSSR count). The zero-order valence-electron chi connectivity index (χ0n) is 7.87. The minimum Gasteiger partial charge on any atom is -0.353 e. The van der Waals surface area contributed by atoms with Gasteiger partial charge in [0.25, 0.3) is 0 Å². The van der Waals surface area contributed by atoms with E-state index in [-0.39, 0.29) is 24.7 Å². The van der Waals surface area contributed by atoms with Crippen molar-refractivity contribution in [1.29, 1.82) is 0 Å². The zero-order chi connectivity index (χ0) is 10.8. The third kappa shape index (κ3) is 1.68. The number of hydrogen-bond acceptors (Lipinski definition) is 3. The molecule has 78 valence electrons. The third-order valence-corrected chi connectivity index (χ3v) is 2.23. The molecule has 0 atom stereocenters. The van der Waals surface area contributed by atoms with Gasteiger partial charge in [0, 0.05) is 0 Å². The van der Waals surface area contributed by atoms with Gasteiger partial charge in [0.15, 0.2) is 0 Å². The fourth-order valence-electron chi connectivity index (χ4n) is 1.59. The molecule has 1 heterocycles. The van der Waals surface area contributed by atoms with E-state index < -0.39 is 5.82 Å². The molecule has 0 unspecified atom stereocenters. The SMILES string of the molecule is O=CCN1CC(=O)Nc2c(F)cccc21. The highest BCUT2D eigenvalue weighted by molar-refractivity contribution is 6.01. The smallest absolute Gasteiger partial charge is 0.244 e. The van der Waals surface area contributed by atoms with Crippen LogP contribution in [0.3, 0.4) is 0 Å². The number of carbonyl (C=O) groups is 2. The summed E-state index contributed by atoms with van der Waals surface area (Å²) in [6.45, 7) is 0.166. The summed E-state index contributed by atoms with van der Waals surface area (Å²) in [6, 6.07) is 4.48. The van der Waals surface area contributed by atoms with Crippen molar-refractivity contribution in [2.45, 2.75) is 0 Å². The Morgan fingerprint density at radius 2 is 2.33 bits per heavy atom. The number of carbonyl (C=O) groups excluding carboxylic acids is 2. The number of benzene rings is 1. The standard InChI is InChI=1S/C10H9FN2O2/c11-7-2-1-3-8-10(7)12-9(15)6-13(8)4-5-14/h1-3,5H,4,6H2,(H,12,15). The zero-order valence-corrected chi connectivity index (χ0v) is 7.87. The summed E-state index contributed by atoms with van der Waals surface area (Å²) in [5.74, 6) is -0.800. The average Bonchev–Trinajstić information content (AvgIpc) is 2.20. The van der Waals surface area contributed by atoms with E-state index in [1.807, 2.05) is 0 Å². The third-order valence-electron chi connectivity index (χ3n) is 2.23. The Morgan fingerprint density at radius 3 is 3.07 bits per heavy atom. The fraction of sp³-hybridized carbons (Fsp3) is 0.200. The predicted octanol–water partition coefficient (Wildman–Crippen LogP) is 0.783. The van der Waals surface area contributed by atoms with Crippen LogP contribution < -0.4 is 10.2 Å². The Balaban J connectivity index is 2.45. The van der Waals surface area contributed by atoms with Crippen molar-refractivity contribution in [3.8, 4) is 0 Å². The molecule has 0 bridgehead atoms. The first-order chi connectivity index (χ1) is 7.22. The maximum absolute atomic E-state index is 13.3. The lowest BCUT2D eigenvalue weighted by molar-refractivity contribution is -0.115. The van der Waals surface area contributed by atoms with Gasteiger partial charge in [-0.25, -0.2) is 4.39 Å². The number of fused-ring (bicyclic) bond motifs is 1. The molecule has 0 aromatic heterocycles. The molecule has 1 aliphatic heterocycles. The van der Waals surface area contributed by atoms with Gasteiger partial charge in [-0.15, -0.1) is 0 Å².